The van der Waals surface area contributed by atoms with Crippen molar-refractivity contribution in [2.75, 3.05) is 11.9 Å². The maximum absolute atomic E-state index is 12.4. The highest BCUT2D eigenvalue weighted by molar-refractivity contribution is 6.01. The molecule has 20 heavy (non-hydrogen) atoms. The van der Waals surface area contributed by atoms with E-state index in [4.69, 9.17) is 0 Å². The third kappa shape index (κ3) is 2.65. The van der Waals surface area contributed by atoms with Crippen LogP contribution in [0.3, 0.4) is 0 Å². The lowest BCUT2D eigenvalue weighted by Crippen LogP contribution is -2.40. The van der Waals surface area contributed by atoms with Gasteiger partial charge in [0.2, 0.25) is 5.91 Å². The van der Waals surface area contributed by atoms with Crippen molar-refractivity contribution in [2.24, 2.45) is 5.92 Å². The van der Waals surface area contributed by atoms with E-state index in [1.807, 2.05) is 30.3 Å². The molecular weight excluding hydrogens is 250 g/mol. The summed E-state index contributed by atoms with van der Waals surface area (Å²) in [5.74, 6) is 0.216. The summed E-state index contributed by atoms with van der Waals surface area (Å²) in [7, 11) is 0. The topological polar surface area (TPSA) is 54.0 Å². The van der Waals surface area contributed by atoms with E-state index in [0.717, 1.165) is 36.0 Å². The maximum atomic E-state index is 12.4. The number of hydrogen-bond acceptors (Lipinski definition) is 3. The first-order chi connectivity index (χ1) is 9.74. The Hall–Kier alpha value is -1.94. The van der Waals surface area contributed by atoms with Crippen LogP contribution in [0.5, 0.6) is 0 Å². The van der Waals surface area contributed by atoms with Crippen molar-refractivity contribution in [1.82, 2.24) is 10.3 Å². The van der Waals surface area contributed by atoms with E-state index >= 15 is 0 Å². The van der Waals surface area contributed by atoms with Crippen molar-refractivity contribution in [3.63, 3.8) is 0 Å². The van der Waals surface area contributed by atoms with E-state index in [1.165, 1.54) is 0 Å². The number of carbonyl (C=O) groups excluding carboxylic acids is 1. The molecule has 0 spiro atoms. The average molecular weight is 269 g/mol. The van der Waals surface area contributed by atoms with Gasteiger partial charge in [0.25, 0.3) is 0 Å². The van der Waals surface area contributed by atoms with Gasteiger partial charge in [-0.2, -0.15) is 0 Å². The number of rotatable bonds is 2. The molecule has 0 radical (unpaired) electrons. The first-order valence-corrected chi connectivity index (χ1v) is 7.12. The van der Waals surface area contributed by atoms with Crippen molar-refractivity contribution in [2.45, 2.75) is 25.8 Å². The number of piperidine rings is 1. The van der Waals surface area contributed by atoms with Gasteiger partial charge in [0.15, 0.2) is 0 Å². The number of pyridine rings is 1. The van der Waals surface area contributed by atoms with E-state index in [-0.39, 0.29) is 11.8 Å². The zero-order chi connectivity index (χ0) is 13.9. The third-order valence-electron chi connectivity index (χ3n) is 3.90. The van der Waals surface area contributed by atoms with Crippen molar-refractivity contribution < 1.29 is 4.79 Å². The molecule has 2 heterocycles. The van der Waals surface area contributed by atoms with Gasteiger partial charge in [0.1, 0.15) is 0 Å². The highest BCUT2D eigenvalue weighted by Crippen LogP contribution is 2.24. The lowest BCUT2D eigenvalue weighted by molar-refractivity contribution is -0.120. The maximum Gasteiger partial charge on any atom is 0.227 e. The van der Waals surface area contributed by atoms with Crippen LogP contribution in [0.25, 0.3) is 10.9 Å². The first-order valence-electron chi connectivity index (χ1n) is 7.12. The number of aromatic nitrogens is 1. The molecule has 0 saturated carbocycles. The molecule has 104 valence electrons. The standard InChI is InChI=1S/C16H19N3O/c1-11-10-12(7-9-17-11)16(20)19-15-6-2-5-14-13(15)4-3-8-18-14/h2-6,8,11-12,17H,7,9-10H2,1H3,(H,19,20). The van der Waals surface area contributed by atoms with Crippen molar-refractivity contribution in [3.05, 3.63) is 36.5 Å². The van der Waals surface area contributed by atoms with E-state index in [9.17, 15) is 4.79 Å². The first kappa shape index (κ1) is 13.1. The second-order valence-corrected chi connectivity index (χ2v) is 5.44. The number of amides is 1. The van der Waals surface area contributed by atoms with Crippen LogP contribution in [-0.4, -0.2) is 23.5 Å². The zero-order valence-electron chi connectivity index (χ0n) is 11.6. The van der Waals surface area contributed by atoms with Crippen LogP contribution >= 0.6 is 0 Å². The highest BCUT2D eigenvalue weighted by Gasteiger charge is 2.24. The molecule has 4 nitrogen and oxygen atoms in total. The van der Waals surface area contributed by atoms with Gasteiger partial charge in [-0.05, 0) is 50.6 Å². The van der Waals surface area contributed by atoms with Crippen molar-refractivity contribution in [1.29, 1.82) is 0 Å². The fourth-order valence-corrected chi connectivity index (χ4v) is 2.82. The summed E-state index contributed by atoms with van der Waals surface area (Å²) in [6.45, 7) is 3.04. The molecule has 4 heteroatoms. The lowest BCUT2D eigenvalue weighted by Gasteiger charge is -2.27. The van der Waals surface area contributed by atoms with Gasteiger partial charge in [-0.25, -0.2) is 0 Å². The molecule has 1 amide bonds. The number of hydrogen-bond donors (Lipinski definition) is 2. The molecule has 1 fully saturated rings. The smallest absolute Gasteiger partial charge is 0.227 e. The fourth-order valence-electron chi connectivity index (χ4n) is 2.82. The Morgan fingerprint density at radius 2 is 2.25 bits per heavy atom. The SMILES string of the molecule is CC1CC(C(=O)Nc2cccc3ncccc23)CCN1. The van der Waals surface area contributed by atoms with Gasteiger partial charge < -0.3 is 10.6 Å². The number of benzene rings is 1. The molecule has 2 atom stereocenters. The summed E-state index contributed by atoms with van der Waals surface area (Å²) in [5.41, 5.74) is 1.76. The number of nitrogens with zero attached hydrogens (tertiary/aromatic N) is 1. The predicted molar refractivity (Wildman–Crippen MR) is 80.6 cm³/mol. The Bertz CT molecular complexity index is 621. The van der Waals surface area contributed by atoms with Gasteiger partial charge >= 0.3 is 0 Å². The molecule has 2 aromatic rings. The normalized spacial score (nSPS) is 22.6. The van der Waals surface area contributed by atoms with Crippen LogP contribution in [0.4, 0.5) is 5.69 Å². The summed E-state index contributed by atoms with van der Waals surface area (Å²) in [6.07, 6.45) is 3.57. The third-order valence-corrected chi connectivity index (χ3v) is 3.90. The molecule has 1 aliphatic heterocycles. The van der Waals surface area contributed by atoms with Crippen LogP contribution in [0, 0.1) is 5.92 Å². The lowest BCUT2D eigenvalue weighted by atomic mass is 9.92. The quantitative estimate of drug-likeness (QED) is 0.881. The van der Waals surface area contributed by atoms with Gasteiger partial charge in [-0.15, -0.1) is 0 Å². The molecule has 3 rings (SSSR count). The van der Waals surface area contributed by atoms with E-state index in [0.29, 0.717) is 6.04 Å². The molecule has 1 aromatic carbocycles. The van der Waals surface area contributed by atoms with Crippen LogP contribution in [0.1, 0.15) is 19.8 Å². The summed E-state index contributed by atoms with van der Waals surface area (Å²) in [6, 6.07) is 10.1. The van der Waals surface area contributed by atoms with Crippen LogP contribution in [0.15, 0.2) is 36.5 Å². The van der Waals surface area contributed by atoms with E-state index in [2.05, 4.69) is 22.5 Å². The summed E-state index contributed by atoms with van der Waals surface area (Å²) < 4.78 is 0. The predicted octanol–water partition coefficient (Wildman–Crippen LogP) is 2.56. The Labute approximate surface area is 118 Å². The molecule has 1 saturated heterocycles. The molecule has 2 unspecified atom stereocenters. The second-order valence-electron chi connectivity index (χ2n) is 5.44. The van der Waals surface area contributed by atoms with Crippen LogP contribution < -0.4 is 10.6 Å². The van der Waals surface area contributed by atoms with Crippen LogP contribution in [-0.2, 0) is 4.79 Å². The average Bonchev–Trinajstić information content (AvgIpc) is 2.47. The second kappa shape index (κ2) is 5.59. The molecule has 1 aromatic heterocycles. The minimum Gasteiger partial charge on any atom is -0.325 e. The minimum absolute atomic E-state index is 0.0955. The Morgan fingerprint density at radius 3 is 3.10 bits per heavy atom. The summed E-state index contributed by atoms with van der Waals surface area (Å²) in [5, 5.41) is 7.43. The molecular formula is C16H19N3O. The Balaban J connectivity index is 1.80. The molecule has 2 N–H and O–H groups in total. The van der Waals surface area contributed by atoms with Crippen molar-refractivity contribution >= 4 is 22.5 Å². The fraction of sp³-hybridized carbons (Fsp3) is 0.375. The number of nitrogens with one attached hydrogen (secondary N) is 2. The Kier molecular flexibility index (Phi) is 3.65. The summed E-state index contributed by atoms with van der Waals surface area (Å²) >= 11 is 0. The Morgan fingerprint density at radius 1 is 1.35 bits per heavy atom. The van der Waals surface area contributed by atoms with Gasteiger partial charge in [0.05, 0.1) is 11.2 Å². The monoisotopic (exact) mass is 269 g/mol. The van der Waals surface area contributed by atoms with Crippen molar-refractivity contribution in [3.8, 4) is 0 Å². The molecule has 0 bridgehead atoms. The van der Waals surface area contributed by atoms with Gasteiger partial charge in [-0.3, -0.25) is 9.78 Å². The molecule has 1 aliphatic rings. The number of fused-ring (bicyclic) bond motifs is 1. The van der Waals surface area contributed by atoms with Gasteiger partial charge in [0, 0.05) is 23.5 Å². The zero-order valence-corrected chi connectivity index (χ0v) is 11.6. The van der Waals surface area contributed by atoms with E-state index in [1.54, 1.807) is 6.20 Å². The van der Waals surface area contributed by atoms with E-state index < -0.39 is 0 Å². The van der Waals surface area contributed by atoms with Crippen LogP contribution in [0.2, 0.25) is 0 Å². The molecule has 0 aliphatic carbocycles. The minimum atomic E-state index is 0.0955. The largest absolute Gasteiger partial charge is 0.325 e. The summed E-state index contributed by atoms with van der Waals surface area (Å²) in [4.78, 5) is 16.7. The van der Waals surface area contributed by atoms with Gasteiger partial charge in [-0.1, -0.05) is 6.07 Å². The number of carbonyl (C=O) groups is 1. The highest BCUT2D eigenvalue weighted by atomic mass is 16.1. The number of anilines is 1.